The van der Waals surface area contributed by atoms with Crippen LogP contribution in [-0.4, -0.2) is 29.1 Å². The van der Waals surface area contributed by atoms with Crippen LogP contribution in [0, 0.1) is 5.82 Å². The fraction of sp³-hybridized carbons (Fsp3) is 0.259. The molecule has 0 fully saturated rings. The van der Waals surface area contributed by atoms with Gasteiger partial charge in [-0.25, -0.2) is 4.39 Å². The molecule has 1 aromatic heterocycles. The molecule has 3 aromatic rings. The smallest absolute Gasteiger partial charge is 0.230 e. The number of anilines is 1. The number of carbonyl (C=O) groups is 2. The van der Waals surface area contributed by atoms with Gasteiger partial charge in [-0.2, -0.15) is 0 Å². The minimum atomic E-state index is -0.493. The van der Waals surface area contributed by atoms with Crippen LogP contribution in [0.5, 0.6) is 5.75 Å². The van der Waals surface area contributed by atoms with Gasteiger partial charge in [-0.3, -0.25) is 9.59 Å². The number of nitrogens with two attached hydrogens (primary N) is 2. The predicted molar refractivity (Wildman–Crippen MR) is 146 cm³/mol. The van der Waals surface area contributed by atoms with Gasteiger partial charge < -0.3 is 26.8 Å². The number of unbranched alkanes of at least 4 members (excludes halogenated alkanes) is 1. The fourth-order valence-corrected chi connectivity index (χ4v) is 4.28. The first-order chi connectivity index (χ1) is 18.3. The summed E-state index contributed by atoms with van der Waals surface area (Å²) in [6.45, 7) is 0. The quantitative estimate of drug-likeness (QED) is 0.192. The Labute approximate surface area is 224 Å². The molecule has 2 aromatic carbocycles. The van der Waals surface area contributed by atoms with E-state index >= 15 is 0 Å². The number of aromatic nitrogens is 2. The Morgan fingerprint density at radius 2 is 1.76 bits per heavy atom. The van der Waals surface area contributed by atoms with Gasteiger partial charge in [-0.15, -0.1) is 10.2 Å². The first kappa shape index (κ1) is 28.3. The maximum Gasteiger partial charge on any atom is 0.230 e. The van der Waals surface area contributed by atoms with E-state index in [1.165, 1.54) is 42.7 Å². The normalized spacial score (nSPS) is 11.7. The van der Waals surface area contributed by atoms with Crippen molar-refractivity contribution in [1.82, 2.24) is 15.5 Å². The summed E-state index contributed by atoms with van der Waals surface area (Å²) in [5.74, 6) is -0.731. The SMILES string of the molecule is COc1cc(CC(=O)N/C(N)=C/C=C(\N)CCCCc2nnc(NC(=O)Cc3ccccc3)s2)ccc1F. The first-order valence-electron chi connectivity index (χ1n) is 12.0. The Morgan fingerprint density at radius 3 is 2.53 bits per heavy atom. The molecule has 0 atom stereocenters. The molecule has 0 aliphatic heterocycles. The van der Waals surface area contributed by atoms with Crippen LogP contribution < -0.4 is 26.8 Å². The van der Waals surface area contributed by atoms with Crippen molar-refractivity contribution in [3.63, 3.8) is 0 Å². The van der Waals surface area contributed by atoms with Gasteiger partial charge in [0.2, 0.25) is 16.9 Å². The average Bonchev–Trinajstić information content (AvgIpc) is 3.33. The molecule has 38 heavy (non-hydrogen) atoms. The Bertz CT molecular complexity index is 1290. The number of rotatable bonds is 13. The number of carbonyl (C=O) groups excluding carboxylic acids is 2. The second-order valence-corrected chi connectivity index (χ2v) is 9.54. The van der Waals surface area contributed by atoms with Crippen molar-refractivity contribution < 1.29 is 18.7 Å². The van der Waals surface area contributed by atoms with Crippen LogP contribution in [0.15, 0.2) is 72.2 Å². The van der Waals surface area contributed by atoms with E-state index in [0.717, 1.165) is 29.8 Å². The van der Waals surface area contributed by atoms with E-state index in [4.69, 9.17) is 16.2 Å². The molecule has 0 saturated heterocycles. The van der Waals surface area contributed by atoms with Crippen LogP contribution in [0.3, 0.4) is 0 Å². The van der Waals surface area contributed by atoms with Gasteiger partial charge in [0.15, 0.2) is 11.6 Å². The maximum atomic E-state index is 13.5. The van der Waals surface area contributed by atoms with E-state index < -0.39 is 5.82 Å². The largest absolute Gasteiger partial charge is 0.494 e. The van der Waals surface area contributed by atoms with Gasteiger partial charge in [-0.1, -0.05) is 47.7 Å². The molecule has 200 valence electrons. The van der Waals surface area contributed by atoms with Crippen molar-refractivity contribution in [3.8, 4) is 5.75 Å². The maximum absolute atomic E-state index is 13.5. The number of aryl methyl sites for hydroxylation is 1. The number of ether oxygens (including phenoxy) is 1. The molecule has 0 aliphatic rings. The number of benzene rings is 2. The van der Waals surface area contributed by atoms with Gasteiger partial charge in [0.1, 0.15) is 10.8 Å². The van der Waals surface area contributed by atoms with Gasteiger partial charge >= 0.3 is 0 Å². The van der Waals surface area contributed by atoms with Crippen LogP contribution in [0.4, 0.5) is 9.52 Å². The summed E-state index contributed by atoms with van der Waals surface area (Å²) in [6.07, 6.45) is 6.54. The Balaban J connectivity index is 1.35. The second-order valence-electron chi connectivity index (χ2n) is 8.48. The van der Waals surface area contributed by atoms with Gasteiger partial charge in [-0.05, 0) is 54.7 Å². The van der Waals surface area contributed by atoms with E-state index in [0.29, 0.717) is 22.8 Å². The average molecular weight is 539 g/mol. The second kappa shape index (κ2) is 14.5. The molecule has 0 bridgehead atoms. The van der Waals surface area contributed by atoms with Crippen LogP contribution in [0.25, 0.3) is 0 Å². The summed E-state index contributed by atoms with van der Waals surface area (Å²) in [4.78, 5) is 24.4. The number of nitrogens with zero attached hydrogens (tertiary/aromatic N) is 2. The Morgan fingerprint density at radius 1 is 1.00 bits per heavy atom. The molecule has 0 radical (unpaired) electrons. The van der Waals surface area contributed by atoms with E-state index in [2.05, 4.69) is 20.8 Å². The van der Waals surface area contributed by atoms with Crippen LogP contribution in [-0.2, 0) is 28.9 Å². The molecule has 0 aliphatic carbocycles. The molecule has 0 spiro atoms. The zero-order chi connectivity index (χ0) is 27.3. The lowest BCUT2D eigenvalue weighted by Crippen LogP contribution is -2.28. The summed E-state index contributed by atoms with van der Waals surface area (Å²) in [7, 11) is 1.36. The minimum Gasteiger partial charge on any atom is -0.494 e. The Kier molecular flexibility index (Phi) is 10.8. The van der Waals surface area contributed by atoms with Crippen molar-refractivity contribution in [2.45, 2.75) is 38.5 Å². The number of nitrogens with one attached hydrogen (secondary N) is 2. The summed E-state index contributed by atoms with van der Waals surface area (Å²) in [5, 5.41) is 14.9. The van der Waals surface area contributed by atoms with Crippen molar-refractivity contribution in [3.05, 3.63) is 94.2 Å². The van der Waals surface area contributed by atoms with E-state index in [1.54, 1.807) is 6.08 Å². The molecule has 3 rings (SSSR count). The standard InChI is InChI=1S/C27H31FN6O3S/c1-37-22-15-19(11-13-21(22)28)17-24(35)31-23(30)14-12-20(29)9-5-6-10-26-33-34-27(38-26)32-25(36)16-18-7-3-2-4-8-18/h2-4,7-8,11-15H,5-6,9-10,16-17,29-30H2,1H3,(H,31,35)(H,32,34,36)/b20-12-,23-14+. The molecule has 9 nitrogen and oxygen atoms in total. The lowest BCUT2D eigenvalue weighted by Gasteiger charge is -2.07. The molecule has 0 saturated carbocycles. The van der Waals surface area contributed by atoms with Crippen molar-refractivity contribution in [2.75, 3.05) is 12.4 Å². The number of hydrogen-bond acceptors (Lipinski definition) is 8. The first-order valence-corrected chi connectivity index (χ1v) is 12.8. The Hall–Kier alpha value is -4.25. The van der Waals surface area contributed by atoms with Crippen LogP contribution in [0.1, 0.15) is 35.4 Å². The zero-order valence-corrected chi connectivity index (χ0v) is 21.9. The number of allylic oxidation sites excluding steroid dienone is 3. The summed E-state index contributed by atoms with van der Waals surface area (Å²) >= 11 is 1.36. The van der Waals surface area contributed by atoms with Crippen molar-refractivity contribution in [1.29, 1.82) is 0 Å². The zero-order valence-electron chi connectivity index (χ0n) is 21.1. The van der Waals surface area contributed by atoms with E-state index in [-0.39, 0.29) is 36.2 Å². The summed E-state index contributed by atoms with van der Waals surface area (Å²) in [6, 6.07) is 13.7. The topological polar surface area (TPSA) is 145 Å². The molecule has 11 heteroatoms. The number of hydrogen-bond donors (Lipinski definition) is 4. The molecule has 1 heterocycles. The third-order valence-electron chi connectivity index (χ3n) is 5.37. The van der Waals surface area contributed by atoms with Crippen molar-refractivity contribution >= 4 is 28.3 Å². The lowest BCUT2D eigenvalue weighted by atomic mass is 10.1. The monoisotopic (exact) mass is 538 g/mol. The number of methoxy groups -OCH3 is 1. The highest BCUT2D eigenvalue weighted by atomic mass is 32.1. The third-order valence-corrected chi connectivity index (χ3v) is 6.27. The van der Waals surface area contributed by atoms with Crippen molar-refractivity contribution in [2.24, 2.45) is 11.5 Å². The van der Waals surface area contributed by atoms with Crippen LogP contribution >= 0.6 is 11.3 Å². The number of halogens is 1. The minimum absolute atomic E-state index is 0.0222. The lowest BCUT2D eigenvalue weighted by molar-refractivity contribution is -0.119. The third kappa shape index (κ3) is 9.66. The predicted octanol–water partition coefficient (Wildman–Crippen LogP) is 3.58. The number of amides is 2. The van der Waals surface area contributed by atoms with E-state index in [1.807, 2.05) is 30.3 Å². The van der Waals surface area contributed by atoms with Gasteiger partial charge in [0.25, 0.3) is 0 Å². The highest BCUT2D eigenvalue weighted by molar-refractivity contribution is 7.15. The molecule has 2 amide bonds. The molecular formula is C27H31FN6O3S. The van der Waals surface area contributed by atoms with Crippen LogP contribution in [0.2, 0.25) is 0 Å². The highest BCUT2D eigenvalue weighted by Crippen LogP contribution is 2.19. The fourth-order valence-electron chi connectivity index (χ4n) is 3.48. The summed E-state index contributed by atoms with van der Waals surface area (Å²) in [5.41, 5.74) is 14.1. The summed E-state index contributed by atoms with van der Waals surface area (Å²) < 4.78 is 18.4. The molecule has 0 unspecified atom stereocenters. The molecular weight excluding hydrogens is 507 g/mol. The van der Waals surface area contributed by atoms with Gasteiger partial charge in [0, 0.05) is 12.1 Å². The highest BCUT2D eigenvalue weighted by Gasteiger charge is 2.10. The van der Waals surface area contributed by atoms with Gasteiger partial charge in [0.05, 0.1) is 20.0 Å². The van der Waals surface area contributed by atoms with E-state index in [9.17, 15) is 14.0 Å². The molecule has 6 N–H and O–H groups in total.